The first-order chi connectivity index (χ1) is 11.5. The van der Waals surface area contributed by atoms with Gasteiger partial charge in [0.2, 0.25) is 0 Å². The number of hydrogen-bond acceptors (Lipinski definition) is 1. The fourth-order valence-corrected chi connectivity index (χ4v) is 4.11. The first-order valence-electron chi connectivity index (χ1n) is 7.66. The van der Waals surface area contributed by atoms with Crippen LogP contribution in [0.1, 0.15) is 18.4 Å². The molecule has 1 aromatic heterocycles. The minimum atomic E-state index is 0.606. The second-order valence-corrected chi connectivity index (χ2v) is 7.83. The lowest BCUT2D eigenvalue weighted by Gasteiger charge is -2.08. The van der Waals surface area contributed by atoms with Crippen molar-refractivity contribution < 1.29 is 0 Å². The predicted octanol–water partition coefficient (Wildman–Crippen LogP) is 6.84. The standard InChI is InChI=1S/C18H16BrCl3N2/c19-10-4-5-14(21)13(7-10)18-12(3-1-2-6-23)17-15(22)8-11(20)9-16(17)24-18/h4-5,7-9,24H,1-3,6,23H2. The number of aromatic amines is 1. The average Bonchev–Trinajstić information content (AvgIpc) is 2.88. The molecule has 0 radical (unpaired) electrons. The van der Waals surface area contributed by atoms with Crippen LogP contribution in [0.3, 0.4) is 0 Å². The van der Waals surface area contributed by atoms with Gasteiger partial charge in [0.05, 0.1) is 10.7 Å². The van der Waals surface area contributed by atoms with E-state index in [4.69, 9.17) is 40.5 Å². The molecule has 0 aliphatic rings. The van der Waals surface area contributed by atoms with Crippen molar-refractivity contribution in [2.75, 3.05) is 6.54 Å². The van der Waals surface area contributed by atoms with Crippen LogP contribution in [-0.2, 0) is 6.42 Å². The molecule has 0 atom stereocenters. The Labute approximate surface area is 164 Å². The number of rotatable bonds is 5. The van der Waals surface area contributed by atoms with Gasteiger partial charge in [0, 0.05) is 31.0 Å². The van der Waals surface area contributed by atoms with Crippen LogP contribution >= 0.6 is 50.7 Å². The topological polar surface area (TPSA) is 41.8 Å². The second kappa shape index (κ2) is 7.67. The van der Waals surface area contributed by atoms with Gasteiger partial charge in [-0.25, -0.2) is 0 Å². The van der Waals surface area contributed by atoms with Crippen molar-refractivity contribution in [3.05, 3.63) is 55.4 Å². The number of hydrogen-bond donors (Lipinski definition) is 2. The first-order valence-corrected chi connectivity index (χ1v) is 9.59. The average molecular weight is 447 g/mol. The Morgan fingerprint density at radius 2 is 1.79 bits per heavy atom. The molecule has 0 saturated carbocycles. The van der Waals surface area contributed by atoms with Crippen LogP contribution in [-0.4, -0.2) is 11.5 Å². The molecular weight excluding hydrogens is 430 g/mol. The molecule has 2 aromatic carbocycles. The quantitative estimate of drug-likeness (QED) is 0.414. The monoisotopic (exact) mass is 444 g/mol. The van der Waals surface area contributed by atoms with E-state index in [1.165, 1.54) is 0 Å². The smallest absolute Gasteiger partial charge is 0.0517 e. The lowest BCUT2D eigenvalue weighted by Crippen LogP contribution is -1.99. The lowest BCUT2D eigenvalue weighted by atomic mass is 10.00. The van der Waals surface area contributed by atoms with Crippen molar-refractivity contribution in [2.45, 2.75) is 19.3 Å². The molecule has 1 heterocycles. The van der Waals surface area contributed by atoms with Crippen LogP contribution in [0.5, 0.6) is 0 Å². The largest absolute Gasteiger partial charge is 0.354 e. The maximum atomic E-state index is 6.48. The summed E-state index contributed by atoms with van der Waals surface area (Å²) in [6.07, 6.45) is 2.82. The van der Waals surface area contributed by atoms with Gasteiger partial charge in [-0.2, -0.15) is 0 Å². The summed E-state index contributed by atoms with van der Waals surface area (Å²) in [6, 6.07) is 9.48. The Morgan fingerprint density at radius 1 is 1.00 bits per heavy atom. The Balaban J connectivity index is 2.23. The summed E-state index contributed by atoms with van der Waals surface area (Å²) < 4.78 is 0.970. The molecule has 3 rings (SSSR count). The number of nitrogens with two attached hydrogens (primary N) is 1. The molecule has 3 aromatic rings. The van der Waals surface area contributed by atoms with Crippen LogP contribution in [0.15, 0.2) is 34.8 Å². The highest BCUT2D eigenvalue weighted by Crippen LogP contribution is 2.40. The molecule has 0 saturated heterocycles. The van der Waals surface area contributed by atoms with Crippen LogP contribution in [0.2, 0.25) is 15.1 Å². The number of halogens is 4. The molecule has 24 heavy (non-hydrogen) atoms. The highest BCUT2D eigenvalue weighted by molar-refractivity contribution is 9.10. The van der Waals surface area contributed by atoms with Gasteiger partial charge in [0.1, 0.15) is 0 Å². The molecule has 0 aliphatic heterocycles. The first kappa shape index (κ1) is 18.1. The number of unbranched alkanes of at least 4 members (excludes halogenated alkanes) is 1. The van der Waals surface area contributed by atoms with E-state index in [2.05, 4.69) is 20.9 Å². The van der Waals surface area contributed by atoms with E-state index in [1.54, 1.807) is 6.07 Å². The van der Waals surface area contributed by atoms with Crippen molar-refractivity contribution in [3.8, 4) is 11.3 Å². The highest BCUT2D eigenvalue weighted by Gasteiger charge is 2.18. The molecule has 6 heteroatoms. The zero-order valence-corrected chi connectivity index (χ0v) is 16.7. The van der Waals surface area contributed by atoms with E-state index in [0.29, 0.717) is 21.6 Å². The third-order valence-electron chi connectivity index (χ3n) is 4.00. The van der Waals surface area contributed by atoms with E-state index in [1.807, 2.05) is 24.3 Å². The van der Waals surface area contributed by atoms with E-state index in [-0.39, 0.29) is 0 Å². The molecule has 126 valence electrons. The number of fused-ring (bicyclic) bond motifs is 1. The van der Waals surface area contributed by atoms with Gasteiger partial charge in [-0.15, -0.1) is 0 Å². The molecule has 3 N–H and O–H groups in total. The van der Waals surface area contributed by atoms with Gasteiger partial charge in [0.25, 0.3) is 0 Å². The number of aromatic nitrogens is 1. The van der Waals surface area contributed by atoms with Crippen molar-refractivity contribution in [2.24, 2.45) is 5.73 Å². The van der Waals surface area contributed by atoms with Gasteiger partial charge in [-0.3, -0.25) is 0 Å². The van der Waals surface area contributed by atoms with Crippen molar-refractivity contribution in [1.29, 1.82) is 0 Å². The van der Waals surface area contributed by atoms with Crippen molar-refractivity contribution >= 4 is 61.6 Å². The molecule has 0 fully saturated rings. The van der Waals surface area contributed by atoms with Crippen molar-refractivity contribution in [3.63, 3.8) is 0 Å². The number of aryl methyl sites for hydroxylation is 1. The Bertz CT molecular complexity index is 890. The third-order valence-corrected chi connectivity index (χ3v) is 5.34. The lowest BCUT2D eigenvalue weighted by molar-refractivity contribution is 0.748. The van der Waals surface area contributed by atoms with Crippen LogP contribution in [0.4, 0.5) is 0 Å². The minimum Gasteiger partial charge on any atom is -0.354 e. The number of benzene rings is 2. The van der Waals surface area contributed by atoms with Gasteiger partial charge in [0.15, 0.2) is 0 Å². The summed E-state index contributed by atoms with van der Waals surface area (Å²) in [5, 5.41) is 2.94. The number of H-pyrrole nitrogens is 1. The molecular formula is C18H16BrCl3N2. The van der Waals surface area contributed by atoms with Gasteiger partial charge >= 0.3 is 0 Å². The van der Waals surface area contributed by atoms with E-state index >= 15 is 0 Å². The minimum absolute atomic E-state index is 0.606. The summed E-state index contributed by atoms with van der Waals surface area (Å²) >= 11 is 22.6. The molecule has 0 amide bonds. The molecule has 0 bridgehead atoms. The number of nitrogens with one attached hydrogen (secondary N) is 1. The molecule has 2 nitrogen and oxygen atoms in total. The van der Waals surface area contributed by atoms with Gasteiger partial charge in [-0.1, -0.05) is 50.7 Å². The second-order valence-electron chi connectivity index (χ2n) is 5.66. The third kappa shape index (κ3) is 3.61. The maximum Gasteiger partial charge on any atom is 0.0517 e. The highest BCUT2D eigenvalue weighted by atomic mass is 79.9. The SMILES string of the molecule is NCCCCc1c(-c2cc(Br)ccc2Cl)[nH]c2cc(Cl)cc(Cl)c12. The fraction of sp³-hybridized carbons (Fsp3) is 0.222. The van der Waals surface area contributed by atoms with E-state index in [9.17, 15) is 0 Å². The summed E-state index contributed by atoms with van der Waals surface area (Å²) in [4.78, 5) is 3.45. The Morgan fingerprint density at radius 3 is 2.54 bits per heavy atom. The fourth-order valence-electron chi connectivity index (χ4n) is 2.93. The van der Waals surface area contributed by atoms with E-state index < -0.39 is 0 Å². The van der Waals surface area contributed by atoms with E-state index in [0.717, 1.165) is 51.5 Å². The molecule has 0 spiro atoms. The van der Waals surface area contributed by atoms with Crippen LogP contribution in [0.25, 0.3) is 22.2 Å². The predicted molar refractivity (Wildman–Crippen MR) is 108 cm³/mol. The molecule has 0 unspecified atom stereocenters. The Hall–Kier alpha value is -0.710. The maximum absolute atomic E-state index is 6.48. The summed E-state index contributed by atoms with van der Waals surface area (Å²) in [5.41, 5.74) is 9.64. The van der Waals surface area contributed by atoms with Crippen LogP contribution in [0, 0.1) is 0 Å². The Kier molecular flexibility index (Phi) is 5.78. The normalized spacial score (nSPS) is 11.4. The zero-order chi connectivity index (χ0) is 17.3. The van der Waals surface area contributed by atoms with Crippen LogP contribution < -0.4 is 5.73 Å². The van der Waals surface area contributed by atoms with Gasteiger partial charge < -0.3 is 10.7 Å². The van der Waals surface area contributed by atoms with Crippen molar-refractivity contribution in [1.82, 2.24) is 4.98 Å². The summed E-state index contributed by atoms with van der Waals surface area (Å²) in [7, 11) is 0. The van der Waals surface area contributed by atoms with Gasteiger partial charge in [-0.05, 0) is 61.7 Å². The zero-order valence-electron chi connectivity index (χ0n) is 12.8. The summed E-state index contributed by atoms with van der Waals surface area (Å²) in [6.45, 7) is 0.675. The summed E-state index contributed by atoms with van der Waals surface area (Å²) in [5.74, 6) is 0. The molecule has 0 aliphatic carbocycles.